The first kappa shape index (κ1) is 31.1. The summed E-state index contributed by atoms with van der Waals surface area (Å²) >= 11 is 39.0. The van der Waals surface area contributed by atoms with Gasteiger partial charge in [-0.2, -0.15) is 0 Å². The van der Waals surface area contributed by atoms with Crippen molar-refractivity contribution in [1.29, 1.82) is 0 Å². The van der Waals surface area contributed by atoms with Gasteiger partial charge in [-0.05, 0) is 141 Å². The van der Waals surface area contributed by atoms with Crippen LogP contribution in [0.3, 0.4) is 0 Å². The predicted molar refractivity (Wildman–Crippen MR) is 172 cm³/mol. The Kier molecular flexibility index (Phi) is 10.0. The van der Waals surface area contributed by atoms with Gasteiger partial charge in [0.2, 0.25) is 0 Å². The Morgan fingerprint density at radius 1 is 0.436 bits per heavy atom. The third kappa shape index (κ3) is 6.64. The molecule has 204 valence electrons. The molecule has 0 bridgehead atoms. The molecule has 12 heteroatoms. The minimum Gasteiger partial charge on any atom is -0.505 e. The summed E-state index contributed by atoms with van der Waals surface area (Å²) in [6.45, 7) is 0. The van der Waals surface area contributed by atoms with Gasteiger partial charge in [0.1, 0.15) is 23.0 Å². The Balaban J connectivity index is 1.98. The first-order chi connectivity index (χ1) is 18.3. The Morgan fingerprint density at radius 3 is 0.821 bits per heavy atom. The van der Waals surface area contributed by atoms with Gasteiger partial charge in [-0.3, -0.25) is 0 Å². The van der Waals surface area contributed by atoms with Crippen molar-refractivity contribution in [2.24, 2.45) is 0 Å². The van der Waals surface area contributed by atoms with Crippen molar-refractivity contribution in [2.75, 3.05) is 0 Å². The van der Waals surface area contributed by atoms with E-state index in [2.05, 4.69) is 63.7 Å². The van der Waals surface area contributed by atoms with Crippen LogP contribution in [-0.2, 0) is 0 Å². The van der Waals surface area contributed by atoms with Crippen molar-refractivity contribution in [3.05, 3.63) is 109 Å². The molecule has 0 heterocycles. The molecule has 39 heavy (non-hydrogen) atoms. The van der Waals surface area contributed by atoms with Crippen LogP contribution >= 0.6 is 110 Å². The van der Waals surface area contributed by atoms with E-state index >= 15 is 0 Å². The van der Waals surface area contributed by atoms with Gasteiger partial charge in [-0.25, -0.2) is 0 Å². The Hall–Kier alpha value is -0.840. The van der Waals surface area contributed by atoms with Crippen LogP contribution in [0.5, 0.6) is 23.0 Å². The smallest absolute Gasteiger partial charge is 0.148 e. The lowest BCUT2D eigenvalue weighted by atomic mass is 9.78. The van der Waals surface area contributed by atoms with E-state index in [1.807, 2.05) is 0 Å². The Labute approximate surface area is 278 Å². The molecular weight excluding hydrogens is 850 g/mol. The average molecular weight is 866 g/mol. The Morgan fingerprint density at radius 2 is 0.641 bits per heavy atom. The largest absolute Gasteiger partial charge is 0.505 e. The highest BCUT2D eigenvalue weighted by atomic mass is 79.9. The number of hydrogen-bond acceptors (Lipinski definition) is 4. The fourth-order valence-corrected chi connectivity index (χ4v) is 7.59. The average Bonchev–Trinajstić information content (AvgIpc) is 2.87. The number of aromatic hydroxyl groups is 4. The maximum Gasteiger partial charge on any atom is 0.148 e. The van der Waals surface area contributed by atoms with Crippen molar-refractivity contribution in [3.63, 3.8) is 0 Å². The van der Waals surface area contributed by atoms with E-state index in [0.717, 1.165) is 22.3 Å². The van der Waals surface area contributed by atoms with E-state index in [4.69, 9.17) is 46.4 Å². The first-order valence-corrected chi connectivity index (χ1v) is 15.7. The van der Waals surface area contributed by atoms with E-state index in [0.29, 0.717) is 24.3 Å². The van der Waals surface area contributed by atoms with E-state index in [1.54, 1.807) is 48.5 Å². The molecule has 0 aliphatic carbocycles. The number of rotatable bonds is 6. The Bertz CT molecular complexity index is 1270. The van der Waals surface area contributed by atoms with E-state index in [1.165, 1.54) is 0 Å². The summed E-state index contributed by atoms with van der Waals surface area (Å²) in [6, 6.07) is 13.7. The number of hydrogen-bond donors (Lipinski definition) is 4. The van der Waals surface area contributed by atoms with Gasteiger partial charge in [0.05, 0.1) is 38.0 Å². The van der Waals surface area contributed by atoms with Crippen LogP contribution in [0.4, 0.5) is 0 Å². The van der Waals surface area contributed by atoms with Crippen LogP contribution < -0.4 is 0 Å². The zero-order chi connectivity index (χ0) is 28.8. The van der Waals surface area contributed by atoms with Crippen LogP contribution in [0.1, 0.15) is 40.5 Å². The molecule has 4 aromatic carbocycles. The quantitative estimate of drug-likeness (QED) is 0.156. The van der Waals surface area contributed by atoms with Gasteiger partial charge < -0.3 is 20.4 Å². The highest BCUT2D eigenvalue weighted by Gasteiger charge is 2.28. The number of phenolic OH excluding ortho intramolecular Hbond substituents is 4. The molecule has 0 fully saturated rings. The minimum atomic E-state index is -0.392. The SMILES string of the molecule is Oc1c(Cl)cc(C(CC(c2cc(Cl)c(O)c(Br)c2)c2cc(Cl)c(O)c(Br)c2)c2cc(Cl)c(O)c(Br)c2)cc1Br. The number of halogens is 8. The summed E-state index contributed by atoms with van der Waals surface area (Å²) in [7, 11) is 0. The van der Waals surface area contributed by atoms with Crippen molar-refractivity contribution in [3.8, 4) is 23.0 Å². The molecule has 4 nitrogen and oxygen atoms in total. The lowest BCUT2D eigenvalue weighted by Gasteiger charge is -2.27. The van der Waals surface area contributed by atoms with Gasteiger partial charge in [-0.1, -0.05) is 46.4 Å². The van der Waals surface area contributed by atoms with Gasteiger partial charge >= 0.3 is 0 Å². The first-order valence-electron chi connectivity index (χ1n) is 11.0. The molecule has 0 atom stereocenters. The lowest BCUT2D eigenvalue weighted by Crippen LogP contribution is -2.11. The topological polar surface area (TPSA) is 80.9 Å². The van der Waals surface area contributed by atoms with Crippen LogP contribution in [0.25, 0.3) is 0 Å². The number of phenols is 4. The standard InChI is InChI=1S/C27H16Br4Cl4O4/c28-16-1-10(5-20(32)24(16)36)14(11-2-17(29)25(37)21(33)6-11)9-15(12-3-18(30)26(38)22(34)7-12)13-4-19(31)27(39)23(35)8-13/h1-8,14-15,36-39H,9H2. The third-order valence-corrected chi connectivity index (χ3v) is 9.81. The maximum atomic E-state index is 10.3. The molecule has 0 radical (unpaired) electrons. The van der Waals surface area contributed by atoms with Crippen LogP contribution in [0, 0.1) is 0 Å². The fraction of sp³-hybridized carbons (Fsp3) is 0.111. The molecule has 4 aromatic rings. The number of benzene rings is 4. The van der Waals surface area contributed by atoms with Crippen molar-refractivity contribution in [2.45, 2.75) is 18.3 Å². The highest BCUT2D eigenvalue weighted by molar-refractivity contribution is 9.11. The van der Waals surface area contributed by atoms with E-state index in [9.17, 15) is 20.4 Å². The highest BCUT2D eigenvalue weighted by Crippen LogP contribution is 2.48. The minimum absolute atomic E-state index is 0.0934. The van der Waals surface area contributed by atoms with Gasteiger partial charge in [0.15, 0.2) is 0 Å². The van der Waals surface area contributed by atoms with E-state index < -0.39 is 11.8 Å². The zero-order valence-electron chi connectivity index (χ0n) is 19.3. The summed E-state index contributed by atoms with van der Waals surface area (Å²) in [5.41, 5.74) is 2.99. The molecule has 4 rings (SSSR count). The van der Waals surface area contributed by atoms with Gasteiger partial charge in [-0.15, -0.1) is 0 Å². The fourth-order valence-electron chi connectivity index (χ4n) is 4.31. The molecule has 0 spiro atoms. The van der Waals surface area contributed by atoms with E-state index in [-0.39, 0.29) is 43.1 Å². The molecule has 0 amide bonds. The molecule has 0 saturated carbocycles. The summed E-state index contributed by atoms with van der Waals surface area (Å²) in [5, 5.41) is 41.8. The molecular formula is C27H16Br4Cl4O4. The predicted octanol–water partition coefficient (Wildman–Crippen LogP) is 11.5. The monoisotopic (exact) mass is 860 g/mol. The molecule has 4 N–H and O–H groups in total. The van der Waals surface area contributed by atoms with Crippen molar-refractivity contribution >= 4 is 110 Å². The summed E-state index contributed by atoms with van der Waals surface area (Å²) < 4.78 is 1.62. The van der Waals surface area contributed by atoms with Crippen molar-refractivity contribution in [1.82, 2.24) is 0 Å². The third-order valence-electron chi connectivity index (χ3n) is 6.24. The van der Waals surface area contributed by atoms with Gasteiger partial charge in [0.25, 0.3) is 0 Å². The zero-order valence-corrected chi connectivity index (χ0v) is 28.7. The molecule has 0 aliphatic rings. The molecule has 0 saturated heterocycles. The van der Waals surface area contributed by atoms with Crippen LogP contribution in [-0.4, -0.2) is 20.4 Å². The summed E-state index contributed by atoms with van der Waals surface area (Å²) in [6.07, 6.45) is 0.391. The van der Waals surface area contributed by atoms with Gasteiger partial charge in [0, 0.05) is 11.8 Å². The molecule has 0 aliphatic heterocycles. The normalized spacial score (nSPS) is 11.5. The van der Waals surface area contributed by atoms with Crippen molar-refractivity contribution < 1.29 is 20.4 Å². The second-order valence-electron chi connectivity index (χ2n) is 8.67. The second-order valence-corrected chi connectivity index (χ2v) is 13.7. The second kappa shape index (κ2) is 12.6. The molecule has 0 unspecified atom stereocenters. The summed E-state index contributed by atoms with van der Waals surface area (Å²) in [4.78, 5) is 0. The maximum absolute atomic E-state index is 10.3. The van der Waals surface area contributed by atoms with Crippen LogP contribution in [0.2, 0.25) is 20.1 Å². The molecule has 0 aromatic heterocycles. The lowest BCUT2D eigenvalue weighted by molar-refractivity contribution is 0.471. The van der Waals surface area contributed by atoms with Crippen LogP contribution in [0.15, 0.2) is 66.4 Å². The summed E-state index contributed by atoms with van der Waals surface area (Å²) in [5.74, 6) is -1.16.